The molecule has 1 aliphatic rings. The third kappa shape index (κ3) is 4.50. The molecule has 0 unspecified atom stereocenters. The van der Waals surface area contributed by atoms with Crippen LogP contribution >= 0.6 is 27.5 Å². The van der Waals surface area contributed by atoms with E-state index < -0.39 is 0 Å². The van der Waals surface area contributed by atoms with Crippen molar-refractivity contribution < 1.29 is 4.79 Å². The van der Waals surface area contributed by atoms with E-state index >= 15 is 0 Å². The molecule has 0 bridgehead atoms. The second kappa shape index (κ2) is 7.30. The molecule has 4 heteroatoms. The topological polar surface area (TPSA) is 29.1 Å². The second-order valence-corrected chi connectivity index (χ2v) is 6.44. The Morgan fingerprint density at radius 1 is 1.37 bits per heavy atom. The van der Waals surface area contributed by atoms with E-state index in [0.29, 0.717) is 10.6 Å². The predicted octanol–water partition coefficient (Wildman–Crippen LogP) is 4.80. The molecule has 0 aromatic heterocycles. The molecule has 0 spiro atoms. The maximum atomic E-state index is 11.9. The van der Waals surface area contributed by atoms with Crippen molar-refractivity contribution in [2.75, 3.05) is 6.54 Å². The van der Waals surface area contributed by atoms with Crippen molar-refractivity contribution in [2.24, 2.45) is 5.92 Å². The summed E-state index contributed by atoms with van der Waals surface area (Å²) in [5.74, 6) is 0.847. The molecule has 2 rings (SSSR count). The number of carbonyl (C=O) groups is 1. The summed E-state index contributed by atoms with van der Waals surface area (Å²) < 4.78 is 0.812. The first-order valence-corrected chi connectivity index (χ1v) is 8.07. The van der Waals surface area contributed by atoms with E-state index in [-0.39, 0.29) is 5.91 Å². The molecule has 19 heavy (non-hydrogen) atoms. The summed E-state index contributed by atoms with van der Waals surface area (Å²) in [5.41, 5.74) is 0.620. The molecule has 1 N–H and O–H groups in total. The predicted molar refractivity (Wildman–Crippen MR) is 82.7 cm³/mol. The molecule has 104 valence electrons. The highest BCUT2D eigenvalue weighted by Gasteiger charge is 2.14. The Bertz CT molecular complexity index is 444. The average Bonchev–Trinajstić information content (AvgIpc) is 2.91. The van der Waals surface area contributed by atoms with Crippen LogP contribution in [0.5, 0.6) is 0 Å². The lowest BCUT2D eigenvalue weighted by atomic mass is 10.0. The minimum atomic E-state index is -0.0409. The highest BCUT2D eigenvalue weighted by molar-refractivity contribution is 9.10. The van der Waals surface area contributed by atoms with Gasteiger partial charge in [0.25, 0.3) is 5.91 Å². The number of hydrogen-bond acceptors (Lipinski definition) is 1. The molecule has 1 amide bonds. The van der Waals surface area contributed by atoms with Crippen molar-refractivity contribution in [1.29, 1.82) is 0 Å². The van der Waals surface area contributed by atoms with Crippen LogP contribution < -0.4 is 5.32 Å². The van der Waals surface area contributed by atoms with E-state index in [4.69, 9.17) is 11.6 Å². The standard InChI is InChI=1S/C15H19BrClNO/c16-13-8-7-12(10-14(13)17)15(19)18-9-3-6-11-4-1-2-5-11/h7-8,10-11H,1-6,9H2,(H,18,19). The van der Waals surface area contributed by atoms with Crippen LogP contribution in [0, 0.1) is 5.92 Å². The van der Waals surface area contributed by atoms with Gasteiger partial charge >= 0.3 is 0 Å². The molecule has 1 aromatic carbocycles. The first-order valence-electron chi connectivity index (χ1n) is 6.90. The molecule has 0 saturated heterocycles. The molecule has 1 fully saturated rings. The summed E-state index contributed by atoms with van der Waals surface area (Å²) >= 11 is 9.29. The van der Waals surface area contributed by atoms with Crippen molar-refractivity contribution >= 4 is 33.4 Å². The summed E-state index contributed by atoms with van der Waals surface area (Å²) in [4.78, 5) is 11.9. The first-order chi connectivity index (χ1) is 9.16. The maximum absolute atomic E-state index is 11.9. The molecule has 0 heterocycles. The summed E-state index contributed by atoms with van der Waals surface area (Å²) in [6, 6.07) is 5.27. The van der Waals surface area contributed by atoms with E-state index in [2.05, 4.69) is 21.2 Å². The van der Waals surface area contributed by atoms with Crippen molar-refractivity contribution in [1.82, 2.24) is 5.32 Å². The summed E-state index contributed by atoms with van der Waals surface area (Å²) in [7, 11) is 0. The molecule has 1 aliphatic carbocycles. The van der Waals surface area contributed by atoms with Crippen LogP contribution in [0.15, 0.2) is 22.7 Å². The Morgan fingerprint density at radius 3 is 2.79 bits per heavy atom. The van der Waals surface area contributed by atoms with Crippen molar-refractivity contribution in [3.05, 3.63) is 33.3 Å². The number of nitrogens with one attached hydrogen (secondary N) is 1. The van der Waals surface area contributed by atoms with Gasteiger partial charge in [-0.1, -0.05) is 37.3 Å². The summed E-state index contributed by atoms with van der Waals surface area (Å²) in [6.45, 7) is 0.753. The average molecular weight is 345 g/mol. The minimum Gasteiger partial charge on any atom is -0.352 e. The van der Waals surface area contributed by atoms with Gasteiger partial charge in [-0.15, -0.1) is 0 Å². The fourth-order valence-electron chi connectivity index (χ4n) is 2.63. The Morgan fingerprint density at radius 2 is 2.11 bits per heavy atom. The lowest BCUT2D eigenvalue weighted by Gasteiger charge is -2.09. The smallest absolute Gasteiger partial charge is 0.251 e. The van der Waals surface area contributed by atoms with Gasteiger partial charge in [-0.25, -0.2) is 0 Å². The Kier molecular flexibility index (Phi) is 5.71. The number of amides is 1. The zero-order chi connectivity index (χ0) is 13.7. The fraction of sp³-hybridized carbons (Fsp3) is 0.533. The molecule has 2 nitrogen and oxygen atoms in total. The molecule has 1 aromatic rings. The molecule has 1 saturated carbocycles. The van der Waals surface area contributed by atoms with Gasteiger partial charge in [-0.3, -0.25) is 4.79 Å². The SMILES string of the molecule is O=C(NCCCC1CCCC1)c1ccc(Br)c(Cl)c1. The number of halogens is 2. The van der Waals surface area contributed by atoms with Crippen LogP contribution in [0.3, 0.4) is 0 Å². The fourth-order valence-corrected chi connectivity index (χ4v) is 3.06. The van der Waals surface area contributed by atoms with E-state index in [1.807, 2.05) is 0 Å². The number of rotatable bonds is 5. The van der Waals surface area contributed by atoms with Gasteiger partial charge in [0.15, 0.2) is 0 Å². The minimum absolute atomic E-state index is 0.0409. The van der Waals surface area contributed by atoms with Gasteiger partial charge < -0.3 is 5.32 Å². The zero-order valence-corrected chi connectivity index (χ0v) is 13.3. The molecule has 0 atom stereocenters. The van der Waals surface area contributed by atoms with Crippen molar-refractivity contribution in [3.63, 3.8) is 0 Å². The van der Waals surface area contributed by atoms with E-state index in [0.717, 1.165) is 23.4 Å². The third-order valence-electron chi connectivity index (χ3n) is 3.73. The van der Waals surface area contributed by atoms with E-state index in [1.165, 1.54) is 32.1 Å². The van der Waals surface area contributed by atoms with Crippen LogP contribution in [0.4, 0.5) is 0 Å². The van der Waals surface area contributed by atoms with E-state index in [9.17, 15) is 4.79 Å². The van der Waals surface area contributed by atoms with Crippen LogP contribution in [0.1, 0.15) is 48.9 Å². The van der Waals surface area contributed by atoms with Crippen molar-refractivity contribution in [3.8, 4) is 0 Å². The number of carbonyl (C=O) groups excluding carboxylic acids is 1. The van der Waals surface area contributed by atoms with Gasteiger partial charge in [-0.2, -0.15) is 0 Å². The molecule has 0 radical (unpaired) electrons. The normalized spacial score (nSPS) is 15.7. The van der Waals surface area contributed by atoms with Crippen LogP contribution in [-0.4, -0.2) is 12.5 Å². The lowest BCUT2D eigenvalue weighted by Crippen LogP contribution is -2.24. The highest BCUT2D eigenvalue weighted by atomic mass is 79.9. The summed E-state index contributed by atoms with van der Waals surface area (Å²) in [6.07, 6.45) is 7.82. The third-order valence-corrected chi connectivity index (χ3v) is 4.96. The monoisotopic (exact) mass is 343 g/mol. The number of benzene rings is 1. The molecular formula is C15H19BrClNO. The summed E-state index contributed by atoms with van der Waals surface area (Å²) in [5, 5.41) is 3.52. The molecule has 0 aliphatic heterocycles. The van der Waals surface area contributed by atoms with Crippen molar-refractivity contribution in [2.45, 2.75) is 38.5 Å². The van der Waals surface area contributed by atoms with Crippen LogP contribution in [-0.2, 0) is 0 Å². The quantitative estimate of drug-likeness (QED) is 0.764. The van der Waals surface area contributed by atoms with E-state index in [1.54, 1.807) is 18.2 Å². The maximum Gasteiger partial charge on any atom is 0.251 e. The highest BCUT2D eigenvalue weighted by Crippen LogP contribution is 2.28. The Labute approximate surface area is 128 Å². The van der Waals surface area contributed by atoms with Gasteiger partial charge in [0.1, 0.15) is 0 Å². The van der Waals surface area contributed by atoms with Gasteiger partial charge in [0.2, 0.25) is 0 Å². The second-order valence-electron chi connectivity index (χ2n) is 5.18. The molecular weight excluding hydrogens is 326 g/mol. The van der Waals surface area contributed by atoms with Crippen LogP contribution in [0.2, 0.25) is 5.02 Å². The van der Waals surface area contributed by atoms with Crippen LogP contribution in [0.25, 0.3) is 0 Å². The largest absolute Gasteiger partial charge is 0.352 e. The Hall–Kier alpha value is -0.540. The van der Waals surface area contributed by atoms with Gasteiger partial charge in [0.05, 0.1) is 5.02 Å². The first kappa shape index (κ1) is 14.9. The lowest BCUT2D eigenvalue weighted by molar-refractivity contribution is 0.0952. The Balaban J connectivity index is 1.72. The van der Waals surface area contributed by atoms with Gasteiger partial charge in [0, 0.05) is 16.6 Å². The zero-order valence-electron chi connectivity index (χ0n) is 10.9. The number of hydrogen-bond donors (Lipinski definition) is 1. The van der Waals surface area contributed by atoms with Gasteiger partial charge in [-0.05, 0) is 52.9 Å².